The van der Waals surface area contributed by atoms with E-state index in [9.17, 15) is 19.5 Å². The second kappa shape index (κ2) is 9.83. The number of nitrogens with zero attached hydrogens (tertiary/aromatic N) is 1. The van der Waals surface area contributed by atoms with Crippen LogP contribution in [-0.4, -0.2) is 53.2 Å². The lowest BCUT2D eigenvalue weighted by Crippen LogP contribution is -2.57. The van der Waals surface area contributed by atoms with Crippen molar-refractivity contribution in [3.63, 3.8) is 0 Å². The zero-order valence-electron chi connectivity index (χ0n) is 22.6. The minimum absolute atomic E-state index is 0.0664. The molecule has 0 radical (unpaired) electrons. The first-order valence-corrected chi connectivity index (χ1v) is 14.3. The molecule has 2 amide bonds. The molecule has 5 aliphatic rings. The number of hydrogen-bond donors (Lipinski definition) is 3. The van der Waals surface area contributed by atoms with Gasteiger partial charge in [-0.3, -0.25) is 14.4 Å². The first-order valence-electron chi connectivity index (χ1n) is 14.3. The Kier molecular flexibility index (Phi) is 7.01. The second-order valence-electron chi connectivity index (χ2n) is 12.7. The lowest BCUT2D eigenvalue weighted by atomic mass is 9.46. The van der Waals surface area contributed by atoms with Crippen LogP contribution in [0.25, 0.3) is 0 Å². The maximum atomic E-state index is 12.4. The van der Waals surface area contributed by atoms with Crippen molar-refractivity contribution in [3.05, 3.63) is 11.6 Å². The average molecular weight is 514 g/mol. The monoisotopic (exact) mass is 513 g/mol. The largest absolute Gasteiger partial charge is 0.385 e. The van der Waals surface area contributed by atoms with Gasteiger partial charge in [0.25, 0.3) is 5.91 Å². The zero-order valence-corrected chi connectivity index (χ0v) is 22.6. The predicted molar refractivity (Wildman–Crippen MR) is 140 cm³/mol. The molecule has 4 unspecified atom stereocenters. The quantitative estimate of drug-likeness (QED) is 0.487. The molecule has 5 rings (SSSR count). The molecule has 7 atom stereocenters. The van der Waals surface area contributed by atoms with Crippen LogP contribution < -0.4 is 10.6 Å². The number of aliphatic hydroxyl groups is 1. The molecule has 37 heavy (non-hydrogen) atoms. The van der Waals surface area contributed by atoms with Gasteiger partial charge in [-0.2, -0.15) is 0 Å². The third kappa shape index (κ3) is 4.43. The average Bonchev–Trinajstić information content (AvgIpc) is 2.99. The van der Waals surface area contributed by atoms with Gasteiger partial charge >= 0.3 is 0 Å². The van der Waals surface area contributed by atoms with Crippen LogP contribution in [-0.2, 0) is 19.2 Å². The van der Waals surface area contributed by atoms with Crippen LogP contribution in [0.15, 0.2) is 16.8 Å². The first kappa shape index (κ1) is 26.4. The van der Waals surface area contributed by atoms with Crippen LogP contribution in [0.3, 0.4) is 0 Å². The van der Waals surface area contributed by atoms with Crippen molar-refractivity contribution >= 4 is 23.3 Å². The van der Waals surface area contributed by atoms with Crippen LogP contribution >= 0.6 is 0 Å². The van der Waals surface area contributed by atoms with E-state index in [1.165, 1.54) is 5.57 Å². The Morgan fingerprint density at radius 1 is 1.11 bits per heavy atom. The fourth-order valence-electron chi connectivity index (χ4n) is 8.72. The van der Waals surface area contributed by atoms with Crippen molar-refractivity contribution in [1.82, 2.24) is 10.6 Å². The van der Waals surface area contributed by atoms with E-state index in [1.807, 2.05) is 0 Å². The molecule has 1 aliphatic heterocycles. The molecule has 3 saturated carbocycles. The molecular weight excluding hydrogens is 470 g/mol. The SMILES string of the molecule is CC(=O)[C@@]1(O)CCC2C3CCC4=CC(=NOCC(=O)NC5CCCCNC5=O)CC[C@]4(C)C3CC[C@@]21C. The van der Waals surface area contributed by atoms with Gasteiger partial charge in [0.1, 0.15) is 11.6 Å². The van der Waals surface area contributed by atoms with E-state index in [0.29, 0.717) is 37.1 Å². The van der Waals surface area contributed by atoms with E-state index < -0.39 is 11.6 Å². The Morgan fingerprint density at radius 3 is 2.68 bits per heavy atom. The van der Waals surface area contributed by atoms with Gasteiger partial charge in [-0.1, -0.05) is 24.6 Å². The summed E-state index contributed by atoms with van der Waals surface area (Å²) in [5, 5.41) is 21.2. The second-order valence-corrected chi connectivity index (χ2v) is 12.7. The van der Waals surface area contributed by atoms with Crippen LogP contribution in [0, 0.1) is 28.6 Å². The number of allylic oxidation sites excluding steroid dienone is 2. The summed E-state index contributed by atoms with van der Waals surface area (Å²) in [4.78, 5) is 42.2. The standard InChI is InChI=1S/C29H43N3O5/c1-18(33)29(36)14-11-23-21-8-7-19-16-20(9-12-27(19,2)22(21)10-13-28(23,29)3)32-37-17-25(34)31-24-6-4-5-15-30-26(24)35/h16,21-24,36H,4-15,17H2,1-3H3,(H,30,35)(H,31,34)/t21?,22?,23?,24?,27-,28-,29-/m0/s1. The number of rotatable bonds is 5. The molecule has 8 nitrogen and oxygen atoms in total. The molecule has 0 spiro atoms. The highest BCUT2D eigenvalue weighted by atomic mass is 16.6. The van der Waals surface area contributed by atoms with Crippen LogP contribution in [0.5, 0.6) is 0 Å². The summed E-state index contributed by atoms with van der Waals surface area (Å²) >= 11 is 0. The van der Waals surface area contributed by atoms with Crippen molar-refractivity contribution < 1.29 is 24.3 Å². The van der Waals surface area contributed by atoms with Crippen molar-refractivity contribution in [2.24, 2.45) is 33.7 Å². The van der Waals surface area contributed by atoms with E-state index in [1.54, 1.807) is 6.92 Å². The summed E-state index contributed by atoms with van der Waals surface area (Å²) in [5.74, 6) is 0.963. The van der Waals surface area contributed by atoms with Gasteiger partial charge in [0, 0.05) is 12.0 Å². The van der Waals surface area contributed by atoms with Gasteiger partial charge < -0.3 is 20.6 Å². The van der Waals surface area contributed by atoms with E-state index in [0.717, 1.165) is 63.5 Å². The minimum Gasteiger partial charge on any atom is -0.385 e. The Bertz CT molecular complexity index is 1020. The van der Waals surface area contributed by atoms with E-state index in [2.05, 4.69) is 35.7 Å². The highest BCUT2D eigenvalue weighted by molar-refractivity contribution is 5.96. The van der Waals surface area contributed by atoms with Gasteiger partial charge in [-0.15, -0.1) is 0 Å². The number of oxime groups is 1. The zero-order chi connectivity index (χ0) is 26.4. The van der Waals surface area contributed by atoms with Gasteiger partial charge in [0.15, 0.2) is 12.4 Å². The summed E-state index contributed by atoms with van der Waals surface area (Å²) in [6, 6.07) is -0.498. The molecule has 0 bridgehead atoms. The molecule has 8 heteroatoms. The highest BCUT2D eigenvalue weighted by Crippen LogP contribution is 2.67. The molecule has 4 aliphatic carbocycles. The molecule has 4 fully saturated rings. The van der Waals surface area contributed by atoms with Crippen LogP contribution in [0.4, 0.5) is 0 Å². The van der Waals surface area contributed by atoms with Gasteiger partial charge in [0.2, 0.25) is 5.91 Å². The van der Waals surface area contributed by atoms with E-state index in [4.69, 9.17) is 4.84 Å². The number of amides is 2. The van der Waals surface area contributed by atoms with Gasteiger partial charge in [0.05, 0.1) is 5.71 Å². The Hall–Kier alpha value is -2.22. The predicted octanol–water partition coefficient (Wildman–Crippen LogP) is 3.43. The summed E-state index contributed by atoms with van der Waals surface area (Å²) in [6.07, 6.45) is 12.0. The summed E-state index contributed by atoms with van der Waals surface area (Å²) < 4.78 is 0. The molecule has 3 N–H and O–H groups in total. The van der Waals surface area contributed by atoms with E-state index >= 15 is 0 Å². The molecule has 0 aromatic rings. The van der Waals surface area contributed by atoms with Crippen LogP contribution in [0.1, 0.15) is 91.4 Å². The minimum atomic E-state index is -1.17. The fourth-order valence-corrected chi connectivity index (χ4v) is 8.72. The lowest BCUT2D eigenvalue weighted by molar-refractivity contribution is -0.159. The number of carbonyl (C=O) groups excluding carboxylic acids is 3. The number of ketones is 1. The molecule has 0 aromatic heterocycles. The van der Waals surface area contributed by atoms with Crippen molar-refractivity contribution in [2.75, 3.05) is 13.2 Å². The summed E-state index contributed by atoms with van der Waals surface area (Å²) in [6.45, 7) is 6.58. The normalized spacial score (nSPS) is 42.4. The lowest BCUT2D eigenvalue weighted by Gasteiger charge is -2.59. The van der Waals surface area contributed by atoms with Crippen molar-refractivity contribution in [2.45, 2.75) is 103 Å². The highest BCUT2D eigenvalue weighted by Gasteiger charge is 2.65. The number of carbonyl (C=O) groups is 3. The third-order valence-electron chi connectivity index (χ3n) is 11.0. The van der Waals surface area contributed by atoms with E-state index in [-0.39, 0.29) is 35.0 Å². The number of fused-ring (bicyclic) bond motifs is 5. The fraction of sp³-hybridized carbons (Fsp3) is 0.793. The topological polar surface area (TPSA) is 117 Å². The molecular formula is C29H43N3O5. The van der Waals surface area contributed by atoms with Gasteiger partial charge in [-0.25, -0.2) is 0 Å². The van der Waals surface area contributed by atoms with Crippen LogP contribution in [0.2, 0.25) is 0 Å². The Morgan fingerprint density at radius 2 is 1.89 bits per heavy atom. The first-order chi connectivity index (χ1) is 17.6. The Labute approximate surface area is 220 Å². The Balaban J connectivity index is 1.22. The van der Waals surface area contributed by atoms with Crippen molar-refractivity contribution in [1.29, 1.82) is 0 Å². The van der Waals surface area contributed by atoms with Crippen molar-refractivity contribution in [3.8, 4) is 0 Å². The molecule has 0 aromatic carbocycles. The number of nitrogens with one attached hydrogen (secondary N) is 2. The molecule has 1 heterocycles. The summed E-state index contributed by atoms with van der Waals surface area (Å²) in [5.41, 5.74) is 0.911. The smallest absolute Gasteiger partial charge is 0.261 e. The summed E-state index contributed by atoms with van der Waals surface area (Å²) in [7, 11) is 0. The van der Waals surface area contributed by atoms with Gasteiger partial charge in [-0.05, 0) is 107 Å². The molecule has 1 saturated heterocycles. The maximum absolute atomic E-state index is 12.4. The number of Topliss-reactive ketones (excluding diaryl/α,β-unsaturated/α-hetero) is 1. The third-order valence-corrected chi connectivity index (χ3v) is 11.0. The number of hydrogen-bond acceptors (Lipinski definition) is 6. The maximum Gasteiger partial charge on any atom is 0.261 e. The molecule has 204 valence electrons.